The molecule has 4 nitrogen and oxygen atoms in total. The second kappa shape index (κ2) is 6.54. The highest BCUT2D eigenvalue weighted by Gasteiger charge is 2.03. The van der Waals surface area contributed by atoms with Crippen molar-refractivity contribution in [1.82, 2.24) is 5.43 Å². The number of hydrogen-bond acceptors (Lipinski definition) is 3. The highest BCUT2D eigenvalue weighted by molar-refractivity contribution is 9.10. The lowest BCUT2D eigenvalue weighted by molar-refractivity contribution is 0.0955. The van der Waals surface area contributed by atoms with E-state index < -0.39 is 0 Å². The number of aromatic hydroxyl groups is 1. The molecule has 0 unspecified atom stereocenters. The summed E-state index contributed by atoms with van der Waals surface area (Å²) in [5.74, 6) is -0.300. The van der Waals surface area contributed by atoms with Crippen molar-refractivity contribution >= 4 is 39.7 Å². The van der Waals surface area contributed by atoms with Gasteiger partial charge in [0.05, 0.1) is 6.21 Å². The van der Waals surface area contributed by atoms with Crippen LogP contribution < -0.4 is 5.43 Å². The van der Waals surface area contributed by atoms with E-state index in [9.17, 15) is 9.90 Å². The van der Waals surface area contributed by atoms with Crippen molar-refractivity contribution in [3.63, 3.8) is 0 Å². The van der Waals surface area contributed by atoms with Crippen LogP contribution in [-0.2, 0) is 0 Å². The summed E-state index contributed by atoms with van der Waals surface area (Å²) in [4.78, 5) is 11.8. The predicted octanol–water partition coefficient (Wildman–Crippen LogP) is 3.57. The lowest BCUT2D eigenvalue weighted by Gasteiger charge is -2.01. The molecule has 1 amide bonds. The molecule has 0 bridgehead atoms. The zero-order valence-electron chi connectivity index (χ0n) is 10.2. The molecule has 6 heteroatoms. The average Bonchev–Trinajstić information content (AvgIpc) is 2.43. The lowest BCUT2D eigenvalue weighted by Crippen LogP contribution is -2.17. The Bertz CT molecular complexity index is 657. The summed E-state index contributed by atoms with van der Waals surface area (Å²) >= 11 is 9.10. The number of nitrogens with zero attached hydrogens (tertiary/aromatic N) is 1. The second-order valence-electron chi connectivity index (χ2n) is 3.91. The van der Waals surface area contributed by atoms with Crippen LogP contribution in [0, 0.1) is 0 Å². The third-order valence-corrected chi connectivity index (χ3v) is 3.23. The summed E-state index contributed by atoms with van der Waals surface area (Å²) in [6.45, 7) is 0. The van der Waals surface area contributed by atoms with Crippen LogP contribution in [0.2, 0.25) is 5.02 Å². The number of carbonyl (C=O) groups is 1. The number of benzene rings is 2. The van der Waals surface area contributed by atoms with Crippen molar-refractivity contribution in [3.05, 3.63) is 63.1 Å². The maximum atomic E-state index is 11.8. The van der Waals surface area contributed by atoms with Crippen LogP contribution >= 0.6 is 27.5 Å². The summed E-state index contributed by atoms with van der Waals surface area (Å²) < 4.78 is 0.890. The molecule has 2 N–H and O–H groups in total. The van der Waals surface area contributed by atoms with Gasteiger partial charge in [0, 0.05) is 20.6 Å². The van der Waals surface area contributed by atoms with Crippen LogP contribution in [0.25, 0.3) is 0 Å². The summed E-state index contributed by atoms with van der Waals surface area (Å²) in [5.41, 5.74) is 3.29. The van der Waals surface area contributed by atoms with Gasteiger partial charge in [-0.1, -0.05) is 27.5 Å². The maximum Gasteiger partial charge on any atom is 0.271 e. The summed E-state index contributed by atoms with van der Waals surface area (Å²) in [6, 6.07) is 11.4. The van der Waals surface area contributed by atoms with Gasteiger partial charge < -0.3 is 5.11 Å². The Balaban J connectivity index is 2.04. The molecule has 102 valence electrons. The Hall–Kier alpha value is -1.85. The zero-order valence-corrected chi connectivity index (χ0v) is 12.5. The number of amides is 1. The number of carbonyl (C=O) groups excluding carboxylic acids is 1. The molecule has 0 aromatic heterocycles. The Labute approximate surface area is 129 Å². The van der Waals surface area contributed by atoms with Crippen molar-refractivity contribution in [3.8, 4) is 5.75 Å². The first-order chi connectivity index (χ1) is 9.56. The number of rotatable bonds is 3. The normalized spacial score (nSPS) is 10.7. The van der Waals surface area contributed by atoms with E-state index in [1.54, 1.807) is 36.4 Å². The molecule has 0 radical (unpaired) electrons. The van der Waals surface area contributed by atoms with E-state index in [0.29, 0.717) is 16.1 Å². The van der Waals surface area contributed by atoms with E-state index in [0.717, 1.165) is 4.47 Å². The Morgan fingerprint density at radius 3 is 2.65 bits per heavy atom. The molecule has 20 heavy (non-hydrogen) atoms. The molecule has 0 saturated carbocycles. The van der Waals surface area contributed by atoms with Crippen LogP contribution in [0.5, 0.6) is 5.75 Å². The molecule has 0 atom stereocenters. The van der Waals surface area contributed by atoms with E-state index in [-0.39, 0.29) is 11.7 Å². The Morgan fingerprint density at radius 1 is 1.25 bits per heavy atom. The summed E-state index contributed by atoms with van der Waals surface area (Å²) in [6.07, 6.45) is 1.33. The topological polar surface area (TPSA) is 61.7 Å². The van der Waals surface area contributed by atoms with Crippen LogP contribution in [0.15, 0.2) is 52.0 Å². The first-order valence-corrected chi connectivity index (χ1v) is 6.81. The fourth-order valence-corrected chi connectivity index (χ4v) is 1.90. The number of phenolic OH excluding ortho intramolecular Hbond substituents is 1. The van der Waals surface area contributed by atoms with E-state index in [1.807, 2.05) is 0 Å². The average molecular weight is 354 g/mol. The van der Waals surface area contributed by atoms with Crippen molar-refractivity contribution in [2.75, 3.05) is 0 Å². The van der Waals surface area contributed by atoms with Crippen molar-refractivity contribution < 1.29 is 9.90 Å². The van der Waals surface area contributed by atoms with Gasteiger partial charge in [0.2, 0.25) is 0 Å². The standard InChI is InChI=1S/C14H10BrClN2O2/c15-11-3-1-9(2-4-11)14(20)18-17-8-10-7-12(16)5-6-13(10)19/h1-8,19H,(H,18,20)/b17-8-. The third-order valence-electron chi connectivity index (χ3n) is 2.47. The number of halogens is 2. The Morgan fingerprint density at radius 2 is 1.95 bits per heavy atom. The van der Waals surface area contributed by atoms with E-state index in [2.05, 4.69) is 26.5 Å². The van der Waals surface area contributed by atoms with Gasteiger partial charge in [-0.05, 0) is 42.5 Å². The molecule has 0 aliphatic heterocycles. The monoisotopic (exact) mass is 352 g/mol. The minimum atomic E-state index is -0.338. The smallest absolute Gasteiger partial charge is 0.271 e. The van der Waals surface area contributed by atoms with Crippen molar-refractivity contribution in [1.29, 1.82) is 0 Å². The SMILES string of the molecule is O=C(N/N=C\c1cc(Cl)ccc1O)c1ccc(Br)cc1. The predicted molar refractivity (Wildman–Crippen MR) is 82.3 cm³/mol. The van der Waals surface area contributed by atoms with Gasteiger partial charge in [-0.15, -0.1) is 0 Å². The highest BCUT2D eigenvalue weighted by Crippen LogP contribution is 2.19. The summed E-state index contributed by atoms with van der Waals surface area (Å²) in [7, 11) is 0. The lowest BCUT2D eigenvalue weighted by atomic mass is 10.2. The second-order valence-corrected chi connectivity index (χ2v) is 5.26. The number of hydrogen-bond donors (Lipinski definition) is 2. The maximum absolute atomic E-state index is 11.8. The van der Waals surface area contributed by atoms with Crippen LogP contribution in [0.3, 0.4) is 0 Å². The molecule has 0 heterocycles. The third kappa shape index (κ3) is 3.82. The first-order valence-electron chi connectivity index (χ1n) is 5.64. The fraction of sp³-hybridized carbons (Fsp3) is 0. The zero-order chi connectivity index (χ0) is 14.5. The fourth-order valence-electron chi connectivity index (χ4n) is 1.46. The largest absolute Gasteiger partial charge is 0.507 e. The van der Waals surface area contributed by atoms with E-state index in [1.165, 1.54) is 12.3 Å². The molecule has 0 spiro atoms. The van der Waals surface area contributed by atoms with Gasteiger partial charge >= 0.3 is 0 Å². The minimum Gasteiger partial charge on any atom is -0.507 e. The van der Waals surface area contributed by atoms with Gasteiger partial charge in [-0.25, -0.2) is 5.43 Å². The minimum absolute atomic E-state index is 0.0380. The van der Waals surface area contributed by atoms with Gasteiger partial charge in [-0.3, -0.25) is 4.79 Å². The molecule has 2 aromatic carbocycles. The van der Waals surface area contributed by atoms with Crippen LogP contribution in [0.1, 0.15) is 15.9 Å². The van der Waals surface area contributed by atoms with Crippen molar-refractivity contribution in [2.45, 2.75) is 0 Å². The van der Waals surface area contributed by atoms with Gasteiger partial charge in [-0.2, -0.15) is 5.10 Å². The first kappa shape index (κ1) is 14.6. The van der Waals surface area contributed by atoms with Gasteiger partial charge in [0.1, 0.15) is 5.75 Å². The molecule has 0 saturated heterocycles. The van der Waals surface area contributed by atoms with Crippen LogP contribution in [-0.4, -0.2) is 17.2 Å². The molecule has 0 aliphatic carbocycles. The molecule has 2 aromatic rings. The highest BCUT2D eigenvalue weighted by atomic mass is 79.9. The number of hydrazone groups is 1. The Kier molecular flexibility index (Phi) is 4.76. The number of phenols is 1. The van der Waals surface area contributed by atoms with E-state index >= 15 is 0 Å². The van der Waals surface area contributed by atoms with E-state index in [4.69, 9.17) is 11.6 Å². The van der Waals surface area contributed by atoms with Gasteiger partial charge in [0.25, 0.3) is 5.91 Å². The summed E-state index contributed by atoms with van der Waals surface area (Å²) in [5, 5.41) is 13.8. The molecule has 0 aliphatic rings. The van der Waals surface area contributed by atoms with Gasteiger partial charge in [0.15, 0.2) is 0 Å². The molecule has 0 fully saturated rings. The van der Waals surface area contributed by atoms with Crippen molar-refractivity contribution in [2.24, 2.45) is 5.10 Å². The van der Waals surface area contributed by atoms with Crippen LogP contribution in [0.4, 0.5) is 0 Å². The number of nitrogens with one attached hydrogen (secondary N) is 1. The molecular weight excluding hydrogens is 344 g/mol. The quantitative estimate of drug-likeness (QED) is 0.654. The molecule has 2 rings (SSSR count). The molecular formula is C14H10BrClN2O2.